The second-order valence-electron chi connectivity index (χ2n) is 6.23. The molecule has 1 aromatic heterocycles. The minimum atomic E-state index is -0.430. The number of esters is 1. The Balaban J connectivity index is 1.45. The molecule has 0 unspecified atom stereocenters. The predicted molar refractivity (Wildman–Crippen MR) is 112 cm³/mol. The molecule has 3 aromatic carbocycles. The molecule has 0 aliphatic rings. The second-order valence-corrected chi connectivity index (χ2v) is 7.17. The summed E-state index contributed by atoms with van der Waals surface area (Å²) in [5.74, 6) is -0.628. The molecule has 0 saturated carbocycles. The van der Waals surface area contributed by atoms with E-state index in [1.807, 2.05) is 53.9 Å². The van der Waals surface area contributed by atoms with Crippen LogP contribution in [0.4, 0.5) is 5.69 Å². The number of hydrogen-bond acceptors (Lipinski definition) is 4. The fraction of sp³-hybridized carbons (Fsp3) is 0.0435. The number of nitrogens with one attached hydrogen (secondary N) is 1. The first kappa shape index (κ1) is 17.9. The van der Waals surface area contributed by atoms with Gasteiger partial charge in [0.1, 0.15) is 6.61 Å². The number of thiophene rings is 1. The van der Waals surface area contributed by atoms with Gasteiger partial charge in [0, 0.05) is 5.69 Å². The van der Waals surface area contributed by atoms with Crippen molar-refractivity contribution in [2.24, 2.45) is 0 Å². The van der Waals surface area contributed by atoms with Gasteiger partial charge in [-0.1, -0.05) is 54.6 Å². The molecule has 1 heterocycles. The zero-order valence-electron chi connectivity index (χ0n) is 14.9. The van der Waals surface area contributed by atoms with Crippen LogP contribution in [0.2, 0.25) is 0 Å². The quantitative estimate of drug-likeness (QED) is 0.459. The number of anilines is 1. The lowest BCUT2D eigenvalue weighted by atomic mass is 10.1. The molecule has 5 heteroatoms. The molecule has 4 rings (SSSR count). The summed E-state index contributed by atoms with van der Waals surface area (Å²) >= 11 is 1.36. The van der Waals surface area contributed by atoms with Gasteiger partial charge in [0.25, 0.3) is 5.91 Å². The Bertz CT molecular complexity index is 1130. The number of ether oxygens (including phenoxy) is 1. The van der Waals surface area contributed by atoms with Crippen LogP contribution in [0.5, 0.6) is 0 Å². The van der Waals surface area contributed by atoms with Crippen molar-refractivity contribution in [3.05, 3.63) is 100 Å². The number of carbonyl (C=O) groups is 2. The zero-order chi connectivity index (χ0) is 19.3. The van der Waals surface area contributed by atoms with Crippen molar-refractivity contribution in [3.8, 4) is 0 Å². The Kier molecular flexibility index (Phi) is 5.17. The lowest BCUT2D eigenvalue weighted by Gasteiger charge is -2.09. The van der Waals surface area contributed by atoms with Gasteiger partial charge >= 0.3 is 5.97 Å². The van der Waals surface area contributed by atoms with Crippen molar-refractivity contribution in [1.29, 1.82) is 0 Å². The largest absolute Gasteiger partial charge is 0.457 e. The van der Waals surface area contributed by atoms with E-state index in [0.29, 0.717) is 16.1 Å². The summed E-state index contributed by atoms with van der Waals surface area (Å²) in [6.07, 6.45) is 0. The minimum absolute atomic E-state index is 0.186. The monoisotopic (exact) mass is 387 g/mol. The molecule has 0 radical (unpaired) electrons. The first-order valence-corrected chi connectivity index (χ1v) is 9.67. The average Bonchev–Trinajstić information content (AvgIpc) is 3.27. The van der Waals surface area contributed by atoms with Crippen molar-refractivity contribution in [2.45, 2.75) is 6.61 Å². The molecule has 138 valence electrons. The first-order valence-electron chi connectivity index (χ1n) is 8.79. The van der Waals surface area contributed by atoms with Crippen molar-refractivity contribution in [2.75, 3.05) is 5.32 Å². The fourth-order valence-corrected chi connectivity index (χ4v) is 3.59. The number of carbonyl (C=O) groups excluding carboxylic acids is 2. The van der Waals surface area contributed by atoms with Crippen LogP contribution in [0.25, 0.3) is 10.8 Å². The molecular weight excluding hydrogens is 370 g/mol. The van der Waals surface area contributed by atoms with Gasteiger partial charge in [-0.05, 0) is 46.0 Å². The van der Waals surface area contributed by atoms with Gasteiger partial charge in [-0.15, -0.1) is 11.3 Å². The van der Waals surface area contributed by atoms with Crippen LogP contribution in [-0.2, 0) is 11.3 Å². The Morgan fingerprint density at radius 1 is 0.893 bits per heavy atom. The third-order valence-electron chi connectivity index (χ3n) is 4.34. The number of amides is 1. The van der Waals surface area contributed by atoms with Crippen LogP contribution >= 0.6 is 11.3 Å². The standard InChI is InChI=1S/C23H17NO3S/c25-22(21-12-5-13-28-21)24-19-10-4-8-17(14-19)23(26)27-15-18-9-3-7-16-6-1-2-11-20(16)18/h1-14H,15H2,(H,24,25). The van der Waals surface area contributed by atoms with Crippen molar-refractivity contribution in [3.63, 3.8) is 0 Å². The Hall–Kier alpha value is -3.44. The van der Waals surface area contributed by atoms with Crippen LogP contribution in [-0.4, -0.2) is 11.9 Å². The van der Waals surface area contributed by atoms with E-state index >= 15 is 0 Å². The molecule has 1 N–H and O–H groups in total. The summed E-state index contributed by atoms with van der Waals surface area (Å²) in [5.41, 5.74) is 1.90. The molecule has 0 bridgehead atoms. The maximum absolute atomic E-state index is 12.5. The molecule has 0 aliphatic carbocycles. The number of fused-ring (bicyclic) bond motifs is 1. The van der Waals surface area contributed by atoms with Gasteiger partial charge < -0.3 is 10.1 Å². The highest BCUT2D eigenvalue weighted by Crippen LogP contribution is 2.20. The van der Waals surface area contributed by atoms with E-state index in [1.54, 1.807) is 30.3 Å². The fourth-order valence-electron chi connectivity index (χ4n) is 2.97. The summed E-state index contributed by atoms with van der Waals surface area (Å²) in [7, 11) is 0. The second kappa shape index (κ2) is 8.06. The maximum Gasteiger partial charge on any atom is 0.338 e. The molecule has 0 fully saturated rings. The summed E-state index contributed by atoms with van der Waals surface area (Å²) in [5, 5.41) is 6.81. The molecule has 0 spiro atoms. The molecule has 0 aliphatic heterocycles. The Morgan fingerprint density at radius 3 is 2.57 bits per heavy atom. The molecule has 4 nitrogen and oxygen atoms in total. The van der Waals surface area contributed by atoms with E-state index in [2.05, 4.69) is 5.32 Å². The van der Waals surface area contributed by atoms with E-state index in [1.165, 1.54) is 11.3 Å². The van der Waals surface area contributed by atoms with Gasteiger partial charge in [-0.2, -0.15) is 0 Å². The van der Waals surface area contributed by atoms with Crippen LogP contribution < -0.4 is 5.32 Å². The highest BCUT2D eigenvalue weighted by atomic mass is 32.1. The molecule has 4 aromatic rings. The molecule has 0 atom stereocenters. The molecular formula is C23H17NO3S. The summed E-state index contributed by atoms with van der Waals surface area (Å²) < 4.78 is 5.50. The third kappa shape index (κ3) is 3.94. The third-order valence-corrected chi connectivity index (χ3v) is 5.21. The highest BCUT2D eigenvalue weighted by molar-refractivity contribution is 7.12. The van der Waals surface area contributed by atoms with Crippen LogP contribution in [0.3, 0.4) is 0 Å². The van der Waals surface area contributed by atoms with Crippen LogP contribution in [0.1, 0.15) is 25.6 Å². The maximum atomic E-state index is 12.5. The molecule has 28 heavy (non-hydrogen) atoms. The zero-order valence-corrected chi connectivity index (χ0v) is 15.7. The van der Waals surface area contributed by atoms with E-state index in [4.69, 9.17) is 4.74 Å². The van der Waals surface area contributed by atoms with Crippen LogP contribution in [0.15, 0.2) is 84.2 Å². The SMILES string of the molecule is O=C(OCc1cccc2ccccc12)c1cccc(NC(=O)c2cccs2)c1. The van der Waals surface area contributed by atoms with Crippen molar-refractivity contribution in [1.82, 2.24) is 0 Å². The van der Waals surface area contributed by atoms with Gasteiger partial charge in [0.15, 0.2) is 0 Å². The number of benzene rings is 3. The Labute approximate surface area is 166 Å². The first-order chi connectivity index (χ1) is 13.7. The van der Waals surface area contributed by atoms with Crippen molar-refractivity contribution >= 4 is 39.7 Å². The van der Waals surface area contributed by atoms with E-state index < -0.39 is 5.97 Å². The van der Waals surface area contributed by atoms with Gasteiger partial charge in [-0.25, -0.2) is 4.79 Å². The normalized spacial score (nSPS) is 10.6. The summed E-state index contributed by atoms with van der Waals surface area (Å²) in [4.78, 5) is 25.3. The molecule has 0 saturated heterocycles. The van der Waals surface area contributed by atoms with E-state index in [-0.39, 0.29) is 12.5 Å². The van der Waals surface area contributed by atoms with Crippen molar-refractivity contribution < 1.29 is 14.3 Å². The summed E-state index contributed by atoms with van der Waals surface area (Å²) in [6.45, 7) is 0.186. The van der Waals surface area contributed by atoms with E-state index in [0.717, 1.165) is 16.3 Å². The Morgan fingerprint density at radius 2 is 1.71 bits per heavy atom. The lowest BCUT2D eigenvalue weighted by molar-refractivity contribution is 0.0474. The lowest BCUT2D eigenvalue weighted by Crippen LogP contribution is -2.11. The van der Waals surface area contributed by atoms with Gasteiger partial charge in [0.05, 0.1) is 10.4 Å². The van der Waals surface area contributed by atoms with Crippen LogP contribution in [0, 0.1) is 0 Å². The topological polar surface area (TPSA) is 55.4 Å². The smallest absolute Gasteiger partial charge is 0.338 e. The van der Waals surface area contributed by atoms with Gasteiger partial charge in [-0.3, -0.25) is 4.79 Å². The van der Waals surface area contributed by atoms with Gasteiger partial charge in [0.2, 0.25) is 0 Å². The summed E-state index contributed by atoms with van der Waals surface area (Å²) in [6, 6.07) is 24.2. The highest BCUT2D eigenvalue weighted by Gasteiger charge is 2.12. The number of hydrogen-bond donors (Lipinski definition) is 1. The minimum Gasteiger partial charge on any atom is -0.457 e. The average molecular weight is 387 g/mol. The predicted octanol–water partition coefficient (Wildman–Crippen LogP) is 5.51. The number of rotatable bonds is 5. The molecule has 1 amide bonds. The van der Waals surface area contributed by atoms with E-state index in [9.17, 15) is 9.59 Å².